The lowest BCUT2D eigenvalue weighted by atomic mass is 9.99. The second kappa shape index (κ2) is 6.42. The largest absolute Gasteiger partial charge is 0.504 e. The van der Waals surface area contributed by atoms with Gasteiger partial charge in [0.15, 0.2) is 17.1 Å². The molecule has 0 spiro atoms. The highest BCUT2D eigenvalue weighted by Crippen LogP contribution is 2.30. The Morgan fingerprint density at radius 2 is 1.52 bits per heavy atom. The van der Waals surface area contributed by atoms with Crippen molar-refractivity contribution in [3.63, 3.8) is 0 Å². The summed E-state index contributed by atoms with van der Waals surface area (Å²) in [6, 6.07) is 3.10. The topological polar surface area (TPSA) is 130 Å². The molecule has 0 aliphatic heterocycles. The number of benzene rings is 1. The third-order valence-corrected chi connectivity index (χ3v) is 2.51. The molecule has 1 rings (SSSR count). The van der Waals surface area contributed by atoms with Gasteiger partial charge in [0.2, 0.25) is 0 Å². The molecule has 8 heteroatoms. The van der Waals surface area contributed by atoms with Gasteiger partial charge in [0.1, 0.15) is 0 Å². The van der Waals surface area contributed by atoms with Crippen LogP contribution in [-0.4, -0.2) is 47.4 Å². The van der Waals surface area contributed by atoms with Gasteiger partial charge in [0.05, 0.1) is 19.8 Å². The van der Waals surface area contributed by atoms with Gasteiger partial charge in [0, 0.05) is 0 Å². The summed E-state index contributed by atoms with van der Waals surface area (Å²) >= 11 is 0. The number of aromatic hydroxyl groups is 2. The molecular formula is C13H12O8. The molecule has 0 unspecified atom stereocenters. The first-order valence-electron chi connectivity index (χ1n) is 5.50. The summed E-state index contributed by atoms with van der Waals surface area (Å²) in [7, 11) is 1.95. The van der Waals surface area contributed by atoms with Gasteiger partial charge in [-0.1, -0.05) is 6.07 Å². The Morgan fingerprint density at radius 1 is 0.952 bits per heavy atom. The number of esters is 2. The summed E-state index contributed by atoms with van der Waals surface area (Å²) in [6.07, 6.45) is 0. The number of rotatable bonds is 4. The van der Waals surface area contributed by atoms with Crippen molar-refractivity contribution in [3.8, 4) is 11.5 Å². The molecule has 1 aromatic rings. The van der Waals surface area contributed by atoms with Crippen LogP contribution in [0.15, 0.2) is 23.8 Å². The normalized spacial score (nSPS) is 11.3. The number of ether oxygens (including phenoxy) is 2. The Balaban J connectivity index is 3.67. The van der Waals surface area contributed by atoms with E-state index in [0.717, 1.165) is 32.4 Å². The molecule has 0 bridgehead atoms. The van der Waals surface area contributed by atoms with Gasteiger partial charge in [0.25, 0.3) is 0 Å². The zero-order valence-corrected chi connectivity index (χ0v) is 11.1. The summed E-state index contributed by atoms with van der Waals surface area (Å²) in [5.41, 5.74) is -1.68. The number of carbonyl (C=O) groups excluding carboxylic acids is 2. The van der Waals surface area contributed by atoms with Crippen molar-refractivity contribution in [2.45, 2.75) is 0 Å². The van der Waals surface area contributed by atoms with Crippen LogP contribution in [-0.2, 0) is 23.9 Å². The zero-order chi connectivity index (χ0) is 16.2. The van der Waals surface area contributed by atoms with Gasteiger partial charge in [-0.3, -0.25) is 0 Å². The van der Waals surface area contributed by atoms with E-state index >= 15 is 0 Å². The lowest BCUT2D eigenvalue weighted by Gasteiger charge is -2.10. The molecule has 8 nitrogen and oxygen atoms in total. The number of methoxy groups -OCH3 is 2. The van der Waals surface area contributed by atoms with Crippen molar-refractivity contribution >= 4 is 23.5 Å². The Labute approximate surface area is 118 Å². The van der Waals surface area contributed by atoms with Gasteiger partial charge in [-0.25, -0.2) is 14.4 Å². The summed E-state index contributed by atoms with van der Waals surface area (Å²) in [4.78, 5) is 34.5. The molecule has 0 saturated carbocycles. The second-order valence-corrected chi connectivity index (χ2v) is 3.74. The van der Waals surface area contributed by atoms with Crippen molar-refractivity contribution in [1.29, 1.82) is 0 Å². The van der Waals surface area contributed by atoms with Crippen molar-refractivity contribution < 1.29 is 39.2 Å². The molecule has 112 valence electrons. The summed E-state index contributed by atoms with van der Waals surface area (Å²) in [5, 5.41) is 27.8. The molecule has 0 fully saturated rings. The van der Waals surface area contributed by atoms with E-state index in [1.165, 1.54) is 0 Å². The van der Waals surface area contributed by atoms with Gasteiger partial charge >= 0.3 is 17.9 Å². The number of aliphatic carboxylic acids is 1. The second-order valence-electron chi connectivity index (χ2n) is 3.74. The molecule has 0 atom stereocenters. The van der Waals surface area contributed by atoms with Crippen LogP contribution in [0.5, 0.6) is 11.5 Å². The molecule has 21 heavy (non-hydrogen) atoms. The third kappa shape index (κ3) is 3.30. The Morgan fingerprint density at radius 3 is 1.95 bits per heavy atom. The summed E-state index contributed by atoms with van der Waals surface area (Å²) < 4.78 is 8.78. The van der Waals surface area contributed by atoms with Crippen LogP contribution >= 0.6 is 0 Å². The molecule has 0 aliphatic rings. The zero-order valence-electron chi connectivity index (χ0n) is 11.1. The van der Waals surface area contributed by atoms with Crippen LogP contribution < -0.4 is 0 Å². The lowest BCUT2D eigenvalue weighted by molar-refractivity contribution is -0.143. The van der Waals surface area contributed by atoms with Crippen LogP contribution in [0, 0.1) is 0 Å². The number of phenols is 2. The van der Waals surface area contributed by atoms with E-state index in [0.29, 0.717) is 0 Å². The molecule has 0 saturated heterocycles. The Bertz CT molecular complexity index is 629. The summed E-state index contributed by atoms with van der Waals surface area (Å²) in [5.74, 6) is -5.13. The minimum absolute atomic E-state index is 0.125. The van der Waals surface area contributed by atoms with Crippen molar-refractivity contribution in [2.75, 3.05) is 14.2 Å². The average Bonchev–Trinajstić information content (AvgIpc) is 2.45. The van der Waals surface area contributed by atoms with Crippen molar-refractivity contribution in [3.05, 3.63) is 29.3 Å². The number of carboxylic acids is 1. The Kier molecular flexibility index (Phi) is 4.90. The highest BCUT2D eigenvalue weighted by Gasteiger charge is 2.30. The van der Waals surface area contributed by atoms with E-state index in [1.54, 1.807) is 0 Å². The Hall–Kier alpha value is -3.03. The molecular weight excluding hydrogens is 284 g/mol. The smallest absolute Gasteiger partial charge is 0.346 e. The number of phenolic OH excluding ortho intramolecular Hbond substituents is 2. The molecule has 1 aromatic carbocycles. The number of carboxylic acid groups (broad SMARTS) is 1. The molecule has 0 radical (unpaired) electrons. The fourth-order valence-corrected chi connectivity index (χ4v) is 1.54. The molecule has 3 N–H and O–H groups in total. The highest BCUT2D eigenvalue weighted by molar-refractivity contribution is 6.31. The lowest BCUT2D eigenvalue weighted by Crippen LogP contribution is -2.20. The standard InChI is InChI=1S/C13H12O8/c1-20-12(18)9(10(11(16)17)13(19)21-2)6-3-4-7(14)8(15)5-6/h3-5,14-15H,1-2H3,(H,16,17). The monoisotopic (exact) mass is 296 g/mol. The van der Waals surface area contributed by atoms with Gasteiger partial charge < -0.3 is 24.8 Å². The quantitative estimate of drug-likeness (QED) is 0.237. The third-order valence-electron chi connectivity index (χ3n) is 2.51. The molecule has 0 amide bonds. The minimum Gasteiger partial charge on any atom is -0.504 e. The van der Waals surface area contributed by atoms with Gasteiger partial charge in [-0.2, -0.15) is 0 Å². The minimum atomic E-state index is -1.70. The van der Waals surface area contributed by atoms with E-state index in [2.05, 4.69) is 9.47 Å². The molecule has 0 aliphatic carbocycles. The number of carbonyl (C=O) groups is 3. The predicted octanol–water partition coefficient (Wildman–Crippen LogP) is 0.282. The number of hydrogen-bond acceptors (Lipinski definition) is 7. The van der Waals surface area contributed by atoms with E-state index in [1.807, 2.05) is 0 Å². The van der Waals surface area contributed by atoms with Crippen LogP contribution in [0.3, 0.4) is 0 Å². The van der Waals surface area contributed by atoms with Gasteiger partial charge in [-0.15, -0.1) is 0 Å². The molecule has 0 aromatic heterocycles. The average molecular weight is 296 g/mol. The summed E-state index contributed by atoms with van der Waals surface area (Å²) in [6.45, 7) is 0. The fraction of sp³-hybridized carbons (Fsp3) is 0.154. The maximum Gasteiger partial charge on any atom is 0.346 e. The van der Waals surface area contributed by atoms with Crippen LogP contribution in [0.4, 0.5) is 0 Å². The van der Waals surface area contributed by atoms with Crippen LogP contribution in [0.25, 0.3) is 5.57 Å². The van der Waals surface area contributed by atoms with Crippen LogP contribution in [0.2, 0.25) is 0 Å². The number of hydrogen-bond donors (Lipinski definition) is 3. The highest BCUT2D eigenvalue weighted by atomic mass is 16.5. The van der Waals surface area contributed by atoms with Crippen molar-refractivity contribution in [1.82, 2.24) is 0 Å². The van der Waals surface area contributed by atoms with E-state index in [9.17, 15) is 24.6 Å². The predicted molar refractivity (Wildman–Crippen MR) is 68.4 cm³/mol. The van der Waals surface area contributed by atoms with E-state index < -0.39 is 40.6 Å². The van der Waals surface area contributed by atoms with Crippen molar-refractivity contribution in [2.24, 2.45) is 0 Å². The maximum absolute atomic E-state index is 11.8. The maximum atomic E-state index is 11.8. The first-order valence-corrected chi connectivity index (χ1v) is 5.50. The first kappa shape index (κ1) is 16.0. The SMILES string of the molecule is COC(=O)C(C(=O)O)=C(C(=O)OC)c1ccc(O)c(O)c1. The van der Waals surface area contributed by atoms with Crippen LogP contribution in [0.1, 0.15) is 5.56 Å². The first-order chi connectivity index (χ1) is 9.83. The molecule has 0 heterocycles. The van der Waals surface area contributed by atoms with Gasteiger partial charge in [-0.05, 0) is 17.7 Å². The van der Waals surface area contributed by atoms with E-state index in [-0.39, 0.29) is 5.56 Å². The van der Waals surface area contributed by atoms with E-state index in [4.69, 9.17) is 5.11 Å². The fourth-order valence-electron chi connectivity index (χ4n) is 1.54.